The van der Waals surface area contributed by atoms with Gasteiger partial charge in [-0.05, 0) is 28.3 Å². The van der Waals surface area contributed by atoms with Crippen LogP contribution < -0.4 is 0 Å². The molecule has 0 N–H and O–H groups in total. The van der Waals surface area contributed by atoms with Gasteiger partial charge in [-0.15, -0.1) is 0 Å². The second-order valence-electron chi connectivity index (χ2n) is 4.88. The molecular weight excluding hydrogens is 230 g/mol. The molecule has 19 heavy (non-hydrogen) atoms. The fourth-order valence-electron chi connectivity index (χ4n) is 2.91. The molecule has 0 bridgehead atoms. The Kier molecular flexibility index (Phi) is 2.25. The van der Waals surface area contributed by atoms with E-state index in [-0.39, 0.29) is 0 Å². The topological polar surface area (TPSA) is 12.9 Å². The largest absolute Gasteiger partial charge is 0.260 e. The van der Waals surface area contributed by atoms with Crippen molar-refractivity contribution >= 4 is 0 Å². The van der Waals surface area contributed by atoms with E-state index in [4.69, 9.17) is 0 Å². The highest BCUT2D eigenvalue weighted by Gasteiger charge is 2.22. The number of hydrogen-bond donors (Lipinski definition) is 0. The van der Waals surface area contributed by atoms with Crippen LogP contribution in [0.4, 0.5) is 0 Å². The van der Waals surface area contributed by atoms with Gasteiger partial charge in [0.15, 0.2) is 0 Å². The molecule has 1 aliphatic rings. The summed E-state index contributed by atoms with van der Waals surface area (Å²) in [6.07, 6.45) is 2.83. The van der Waals surface area contributed by atoms with Crippen LogP contribution in [0.25, 0.3) is 22.3 Å². The molecule has 1 nitrogen and oxygen atoms in total. The Morgan fingerprint density at radius 1 is 0.737 bits per heavy atom. The predicted octanol–water partition coefficient (Wildman–Crippen LogP) is 4.32. The number of rotatable bonds is 1. The fraction of sp³-hybridized carbons (Fsp3) is 0.0556. The first-order valence-electron chi connectivity index (χ1n) is 6.55. The van der Waals surface area contributed by atoms with Crippen LogP contribution >= 0.6 is 0 Å². The first-order chi connectivity index (χ1) is 9.43. The van der Waals surface area contributed by atoms with Gasteiger partial charge in [0.25, 0.3) is 0 Å². The molecule has 0 fully saturated rings. The minimum atomic E-state index is 0.951. The van der Waals surface area contributed by atoms with E-state index in [1.807, 2.05) is 12.3 Å². The van der Waals surface area contributed by atoms with Crippen molar-refractivity contribution in [3.05, 3.63) is 78.1 Å². The fourth-order valence-corrected chi connectivity index (χ4v) is 2.91. The van der Waals surface area contributed by atoms with Gasteiger partial charge in [0.05, 0.1) is 5.69 Å². The number of hydrogen-bond acceptors (Lipinski definition) is 1. The summed E-state index contributed by atoms with van der Waals surface area (Å²) >= 11 is 0. The van der Waals surface area contributed by atoms with E-state index in [0.717, 1.165) is 6.42 Å². The molecule has 1 heteroatoms. The Bertz CT molecular complexity index is 745. The van der Waals surface area contributed by atoms with E-state index >= 15 is 0 Å². The van der Waals surface area contributed by atoms with Crippen LogP contribution in [0.3, 0.4) is 0 Å². The molecular formula is C18H13N. The summed E-state index contributed by atoms with van der Waals surface area (Å²) in [5.74, 6) is 0. The van der Waals surface area contributed by atoms with Gasteiger partial charge in [-0.2, -0.15) is 0 Å². The monoisotopic (exact) mass is 243 g/mol. The Balaban J connectivity index is 2.01. The molecule has 0 radical (unpaired) electrons. The van der Waals surface area contributed by atoms with Crippen molar-refractivity contribution in [2.24, 2.45) is 0 Å². The van der Waals surface area contributed by atoms with Gasteiger partial charge in [0, 0.05) is 18.2 Å². The third kappa shape index (κ3) is 1.59. The van der Waals surface area contributed by atoms with E-state index in [1.54, 1.807) is 0 Å². The first kappa shape index (κ1) is 10.5. The van der Waals surface area contributed by atoms with Crippen LogP contribution in [0.5, 0.6) is 0 Å². The van der Waals surface area contributed by atoms with Crippen molar-refractivity contribution in [2.45, 2.75) is 6.42 Å². The van der Waals surface area contributed by atoms with Crippen molar-refractivity contribution in [3.63, 3.8) is 0 Å². The molecule has 0 amide bonds. The summed E-state index contributed by atoms with van der Waals surface area (Å²) in [5.41, 5.74) is 7.81. The van der Waals surface area contributed by atoms with Gasteiger partial charge in [-0.3, -0.25) is 4.98 Å². The standard InChI is InChI=1S/C18H13N/c1-2-6-13(7-3-1)15-9-4-8-14-12-17-16(18(14)15)10-5-11-19-17/h1-11H,12H2. The minimum Gasteiger partial charge on any atom is -0.260 e. The lowest BCUT2D eigenvalue weighted by atomic mass is 9.95. The van der Waals surface area contributed by atoms with Gasteiger partial charge in [-0.25, -0.2) is 0 Å². The number of benzene rings is 2. The first-order valence-corrected chi connectivity index (χ1v) is 6.55. The maximum Gasteiger partial charge on any atom is 0.0526 e. The molecule has 4 rings (SSSR count). The van der Waals surface area contributed by atoms with Crippen molar-refractivity contribution in [3.8, 4) is 22.3 Å². The van der Waals surface area contributed by atoms with Gasteiger partial charge < -0.3 is 0 Å². The minimum absolute atomic E-state index is 0.951. The Morgan fingerprint density at radius 2 is 1.58 bits per heavy atom. The van der Waals surface area contributed by atoms with Crippen LogP contribution in [0.1, 0.15) is 11.3 Å². The zero-order valence-corrected chi connectivity index (χ0v) is 10.5. The molecule has 0 saturated carbocycles. The van der Waals surface area contributed by atoms with Crippen molar-refractivity contribution in [1.82, 2.24) is 4.98 Å². The van der Waals surface area contributed by atoms with Gasteiger partial charge >= 0.3 is 0 Å². The quantitative estimate of drug-likeness (QED) is 0.485. The van der Waals surface area contributed by atoms with E-state index < -0.39 is 0 Å². The van der Waals surface area contributed by atoms with E-state index in [9.17, 15) is 0 Å². The Morgan fingerprint density at radius 3 is 2.47 bits per heavy atom. The highest BCUT2D eigenvalue weighted by Crippen LogP contribution is 2.41. The number of fused-ring (bicyclic) bond motifs is 3. The molecule has 1 aliphatic carbocycles. The average molecular weight is 243 g/mol. The van der Waals surface area contributed by atoms with Crippen LogP contribution in [-0.4, -0.2) is 4.98 Å². The molecule has 0 atom stereocenters. The molecule has 0 unspecified atom stereocenters. The van der Waals surface area contributed by atoms with Crippen molar-refractivity contribution in [1.29, 1.82) is 0 Å². The summed E-state index contributed by atoms with van der Waals surface area (Å²) in [5, 5.41) is 0. The summed E-state index contributed by atoms with van der Waals surface area (Å²) in [6, 6.07) is 21.3. The van der Waals surface area contributed by atoms with Crippen LogP contribution in [0.2, 0.25) is 0 Å². The number of pyridine rings is 1. The van der Waals surface area contributed by atoms with Gasteiger partial charge in [0.1, 0.15) is 0 Å². The second-order valence-corrected chi connectivity index (χ2v) is 4.88. The van der Waals surface area contributed by atoms with E-state index in [0.29, 0.717) is 0 Å². The summed E-state index contributed by atoms with van der Waals surface area (Å²) in [6.45, 7) is 0. The Labute approximate surface area is 112 Å². The van der Waals surface area contributed by atoms with Crippen LogP contribution in [-0.2, 0) is 6.42 Å². The van der Waals surface area contributed by atoms with Crippen LogP contribution in [0, 0.1) is 0 Å². The zero-order chi connectivity index (χ0) is 12.7. The summed E-state index contributed by atoms with van der Waals surface area (Å²) < 4.78 is 0. The highest BCUT2D eigenvalue weighted by atomic mass is 14.7. The number of aromatic nitrogens is 1. The Hall–Kier alpha value is -2.41. The lowest BCUT2D eigenvalue weighted by molar-refractivity contribution is 1.12. The molecule has 1 heterocycles. The smallest absolute Gasteiger partial charge is 0.0526 e. The highest BCUT2D eigenvalue weighted by molar-refractivity contribution is 5.89. The van der Waals surface area contributed by atoms with E-state index in [1.165, 1.54) is 33.5 Å². The second kappa shape index (κ2) is 4.06. The maximum atomic E-state index is 4.51. The third-order valence-corrected chi connectivity index (χ3v) is 3.75. The molecule has 3 aromatic rings. The molecule has 0 spiro atoms. The molecule has 90 valence electrons. The average Bonchev–Trinajstić information content (AvgIpc) is 2.86. The molecule has 1 aromatic heterocycles. The predicted molar refractivity (Wildman–Crippen MR) is 77.9 cm³/mol. The van der Waals surface area contributed by atoms with Crippen molar-refractivity contribution < 1.29 is 0 Å². The van der Waals surface area contributed by atoms with Gasteiger partial charge in [0.2, 0.25) is 0 Å². The third-order valence-electron chi connectivity index (χ3n) is 3.75. The molecule has 2 aromatic carbocycles. The summed E-state index contributed by atoms with van der Waals surface area (Å²) in [4.78, 5) is 4.51. The molecule has 0 saturated heterocycles. The zero-order valence-electron chi connectivity index (χ0n) is 10.5. The SMILES string of the molecule is c1ccc(-c2cccc3c2-c2cccnc2C3)cc1. The van der Waals surface area contributed by atoms with E-state index in [2.05, 4.69) is 59.6 Å². The normalized spacial score (nSPS) is 12.0. The summed E-state index contributed by atoms with van der Waals surface area (Å²) in [7, 11) is 0. The van der Waals surface area contributed by atoms with Gasteiger partial charge in [-0.1, -0.05) is 54.6 Å². The maximum absolute atomic E-state index is 4.51. The van der Waals surface area contributed by atoms with Crippen LogP contribution in [0.15, 0.2) is 66.9 Å². The lowest BCUT2D eigenvalue weighted by Gasteiger charge is -2.09. The number of nitrogens with zero attached hydrogens (tertiary/aromatic N) is 1. The lowest BCUT2D eigenvalue weighted by Crippen LogP contribution is -1.85. The molecule has 0 aliphatic heterocycles. The van der Waals surface area contributed by atoms with Crippen molar-refractivity contribution in [2.75, 3.05) is 0 Å².